The van der Waals surface area contributed by atoms with Gasteiger partial charge in [0.2, 0.25) is 5.91 Å². The molecule has 1 amide bonds. The Balaban J connectivity index is 0.000000836. The van der Waals surface area contributed by atoms with Gasteiger partial charge in [0, 0.05) is 23.7 Å². The van der Waals surface area contributed by atoms with Crippen LogP contribution in [-0.2, 0) is 4.79 Å². The number of methoxy groups -OCH3 is 1. The average molecular weight is 379 g/mol. The molecule has 2 N–H and O–H groups in total. The minimum atomic E-state index is 0.130. The lowest BCUT2D eigenvalue weighted by molar-refractivity contribution is -0.120. The number of hydrogen-bond acceptors (Lipinski definition) is 3. The van der Waals surface area contributed by atoms with Gasteiger partial charge >= 0.3 is 0 Å². The summed E-state index contributed by atoms with van der Waals surface area (Å²) >= 11 is 0. The highest BCUT2D eigenvalue weighted by Gasteiger charge is 2.25. The zero-order valence-electron chi connectivity index (χ0n) is 18.7. The van der Waals surface area contributed by atoms with E-state index >= 15 is 0 Å². The first-order chi connectivity index (χ1) is 13.0. The second-order valence-electron chi connectivity index (χ2n) is 7.22. The third kappa shape index (κ3) is 10.4. The summed E-state index contributed by atoms with van der Waals surface area (Å²) in [6.07, 6.45) is 7.96. The summed E-state index contributed by atoms with van der Waals surface area (Å²) < 4.78 is 5.28. The van der Waals surface area contributed by atoms with Crippen LogP contribution in [0, 0.1) is 12.8 Å². The summed E-state index contributed by atoms with van der Waals surface area (Å²) in [5.41, 5.74) is 1.88. The van der Waals surface area contributed by atoms with Gasteiger partial charge in [-0.25, -0.2) is 0 Å². The number of hydrogen-bond donors (Lipinski definition) is 2. The first kappa shape index (κ1) is 25.4. The van der Waals surface area contributed by atoms with E-state index in [0.717, 1.165) is 42.7 Å². The molecule has 0 unspecified atom stereocenters. The smallest absolute Gasteiger partial charge is 0.227 e. The van der Waals surface area contributed by atoms with E-state index in [-0.39, 0.29) is 11.8 Å². The Labute approximate surface area is 167 Å². The molecular formula is C23H42N2O2. The van der Waals surface area contributed by atoms with Crippen LogP contribution >= 0.6 is 0 Å². The van der Waals surface area contributed by atoms with E-state index in [2.05, 4.69) is 38.3 Å². The van der Waals surface area contributed by atoms with Crippen LogP contribution < -0.4 is 15.4 Å². The fraction of sp³-hybridized carbons (Fsp3) is 0.696. The number of unbranched alkanes of at least 4 members (excludes halogenated alkanes) is 1. The lowest BCUT2D eigenvalue weighted by Crippen LogP contribution is -2.34. The van der Waals surface area contributed by atoms with Crippen LogP contribution in [0.15, 0.2) is 18.2 Å². The van der Waals surface area contributed by atoms with Crippen LogP contribution in [0.5, 0.6) is 5.75 Å². The summed E-state index contributed by atoms with van der Waals surface area (Å²) in [6.45, 7) is 10.6. The molecule has 0 spiro atoms. The largest absolute Gasteiger partial charge is 0.496 e. The molecule has 1 fully saturated rings. The number of rotatable bonds is 5. The zero-order chi connectivity index (χ0) is 20.7. The SMILES string of the molecule is CCC.CCCC.CNC1CCC(C(=O)Nc2ccc(C)c(OC)c2)CC1. The number of nitrogens with one attached hydrogen (secondary N) is 2. The van der Waals surface area contributed by atoms with Gasteiger partial charge in [0.25, 0.3) is 0 Å². The summed E-state index contributed by atoms with van der Waals surface area (Å²) in [5.74, 6) is 1.07. The molecule has 0 aliphatic heterocycles. The number of carbonyl (C=O) groups is 1. The van der Waals surface area contributed by atoms with Gasteiger partial charge in [-0.15, -0.1) is 0 Å². The van der Waals surface area contributed by atoms with Crippen LogP contribution in [0.3, 0.4) is 0 Å². The van der Waals surface area contributed by atoms with E-state index < -0.39 is 0 Å². The molecule has 1 aliphatic carbocycles. The molecule has 1 aliphatic rings. The predicted octanol–water partition coefficient (Wildman–Crippen LogP) is 5.94. The van der Waals surface area contributed by atoms with E-state index in [4.69, 9.17) is 4.74 Å². The van der Waals surface area contributed by atoms with Crippen LogP contribution in [0.1, 0.15) is 78.2 Å². The number of amides is 1. The van der Waals surface area contributed by atoms with Gasteiger partial charge in [0.05, 0.1) is 7.11 Å². The second kappa shape index (κ2) is 15.5. The Morgan fingerprint density at radius 1 is 1.07 bits per heavy atom. The predicted molar refractivity (Wildman–Crippen MR) is 118 cm³/mol. The highest BCUT2D eigenvalue weighted by molar-refractivity contribution is 5.92. The molecular weight excluding hydrogens is 336 g/mol. The lowest BCUT2D eigenvalue weighted by atomic mass is 9.85. The highest BCUT2D eigenvalue weighted by atomic mass is 16.5. The normalized spacial score (nSPS) is 18.3. The van der Waals surface area contributed by atoms with Crippen LogP contribution in [-0.4, -0.2) is 26.1 Å². The molecule has 0 atom stereocenters. The first-order valence-corrected chi connectivity index (χ1v) is 10.6. The fourth-order valence-corrected chi connectivity index (χ4v) is 2.79. The first-order valence-electron chi connectivity index (χ1n) is 10.6. The zero-order valence-corrected chi connectivity index (χ0v) is 18.7. The molecule has 156 valence electrons. The molecule has 0 heterocycles. The maximum atomic E-state index is 12.3. The third-order valence-electron chi connectivity index (χ3n) is 4.68. The summed E-state index contributed by atoms with van der Waals surface area (Å²) in [5, 5.41) is 6.29. The van der Waals surface area contributed by atoms with Crippen LogP contribution in [0.4, 0.5) is 5.69 Å². The van der Waals surface area contributed by atoms with Gasteiger partial charge in [0.15, 0.2) is 0 Å². The van der Waals surface area contributed by atoms with Gasteiger partial charge in [-0.1, -0.05) is 53.0 Å². The van der Waals surface area contributed by atoms with Crippen molar-refractivity contribution in [3.05, 3.63) is 23.8 Å². The van der Waals surface area contributed by atoms with Crippen molar-refractivity contribution in [2.75, 3.05) is 19.5 Å². The summed E-state index contributed by atoms with van der Waals surface area (Å²) in [6, 6.07) is 6.34. The Morgan fingerprint density at radius 3 is 2.07 bits per heavy atom. The van der Waals surface area contributed by atoms with Gasteiger partial charge < -0.3 is 15.4 Å². The Morgan fingerprint density at radius 2 is 1.63 bits per heavy atom. The van der Waals surface area contributed by atoms with Crippen molar-refractivity contribution in [2.24, 2.45) is 5.92 Å². The Bertz CT molecular complexity index is 507. The molecule has 1 aromatic carbocycles. The van der Waals surface area contributed by atoms with Crippen molar-refractivity contribution < 1.29 is 9.53 Å². The van der Waals surface area contributed by atoms with Crippen molar-refractivity contribution in [3.63, 3.8) is 0 Å². The monoisotopic (exact) mass is 378 g/mol. The quantitative estimate of drug-likeness (QED) is 0.666. The van der Waals surface area contributed by atoms with Crippen molar-refractivity contribution in [3.8, 4) is 5.75 Å². The molecule has 1 saturated carbocycles. The van der Waals surface area contributed by atoms with Crippen LogP contribution in [0.2, 0.25) is 0 Å². The van der Waals surface area contributed by atoms with E-state index in [1.165, 1.54) is 19.3 Å². The van der Waals surface area contributed by atoms with E-state index in [0.29, 0.717) is 6.04 Å². The standard InChI is InChI=1S/C16H24N2O2.C4H10.C3H8/c1-11-4-7-14(10-15(11)20-3)18-16(19)12-5-8-13(17-2)9-6-12;1-3-4-2;1-3-2/h4,7,10,12-13,17H,5-6,8-9H2,1-3H3,(H,18,19);3-4H2,1-2H3;3H2,1-2H3. The summed E-state index contributed by atoms with van der Waals surface area (Å²) in [7, 11) is 3.64. The number of benzene rings is 1. The topological polar surface area (TPSA) is 50.4 Å². The fourth-order valence-electron chi connectivity index (χ4n) is 2.79. The molecule has 0 aromatic heterocycles. The molecule has 4 heteroatoms. The molecule has 0 bridgehead atoms. The lowest BCUT2D eigenvalue weighted by Gasteiger charge is -2.27. The molecule has 0 radical (unpaired) electrons. The van der Waals surface area contributed by atoms with Crippen LogP contribution in [0.25, 0.3) is 0 Å². The van der Waals surface area contributed by atoms with Crippen molar-refractivity contribution in [1.82, 2.24) is 5.32 Å². The van der Waals surface area contributed by atoms with Gasteiger partial charge in [-0.3, -0.25) is 4.79 Å². The second-order valence-corrected chi connectivity index (χ2v) is 7.22. The minimum absolute atomic E-state index is 0.130. The van der Waals surface area contributed by atoms with Crippen molar-refractivity contribution >= 4 is 11.6 Å². The minimum Gasteiger partial charge on any atom is -0.496 e. The van der Waals surface area contributed by atoms with Gasteiger partial charge in [0.1, 0.15) is 5.75 Å². The number of carbonyl (C=O) groups excluding carboxylic acids is 1. The summed E-state index contributed by atoms with van der Waals surface area (Å²) in [4.78, 5) is 12.3. The number of ether oxygens (including phenoxy) is 1. The Kier molecular flexibility index (Phi) is 14.6. The van der Waals surface area contributed by atoms with E-state index in [1.807, 2.05) is 32.2 Å². The number of anilines is 1. The average Bonchev–Trinajstić information content (AvgIpc) is 2.70. The van der Waals surface area contributed by atoms with Crippen molar-refractivity contribution in [2.45, 2.75) is 85.6 Å². The molecule has 27 heavy (non-hydrogen) atoms. The van der Waals surface area contributed by atoms with E-state index in [1.54, 1.807) is 7.11 Å². The van der Waals surface area contributed by atoms with Crippen molar-refractivity contribution in [1.29, 1.82) is 0 Å². The molecule has 2 rings (SSSR count). The number of aryl methyl sites for hydroxylation is 1. The highest BCUT2D eigenvalue weighted by Crippen LogP contribution is 2.27. The van der Waals surface area contributed by atoms with Gasteiger partial charge in [-0.2, -0.15) is 0 Å². The third-order valence-corrected chi connectivity index (χ3v) is 4.68. The van der Waals surface area contributed by atoms with Gasteiger partial charge in [-0.05, 0) is 51.3 Å². The van der Waals surface area contributed by atoms with E-state index in [9.17, 15) is 4.79 Å². The maximum absolute atomic E-state index is 12.3. The maximum Gasteiger partial charge on any atom is 0.227 e. The molecule has 0 saturated heterocycles. The molecule has 1 aromatic rings. The molecule has 4 nitrogen and oxygen atoms in total. The Hall–Kier alpha value is -1.55.